The molecule has 0 aromatic rings. The zero-order valence-electron chi connectivity index (χ0n) is 5.19. The second kappa shape index (κ2) is 2.72. The van der Waals surface area contributed by atoms with Gasteiger partial charge in [0.25, 0.3) is 0 Å². The van der Waals surface area contributed by atoms with Crippen LogP contribution < -0.4 is 0 Å². The van der Waals surface area contributed by atoms with Crippen molar-refractivity contribution in [2.24, 2.45) is 0 Å². The van der Waals surface area contributed by atoms with Crippen molar-refractivity contribution in [2.45, 2.75) is 6.10 Å². The van der Waals surface area contributed by atoms with Gasteiger partial charge in [-0.25, -0.2) is 0 Å². The number of ether oxygens (including phenoxy) is 1. The minimum Gasteiger partial charge on any atom is -0.506 e. The number of aliphatic hydroxyl groups excluding tert-OH is 3. The van der Waals surface area contributed by atoms with Crippen LogP contribution in [0.3, 0.4) is 0 Å². The molecular weight excluding hydrogens is 136 g/mol. The number of aliphatic hydroxyl groups is 3. The molecule has 1 atom stereocenters. The van der Waals surface area contributed by atoms with Crippen molar-refractivity contribution in [3.05, 3.63) is 23.9 Å². The molecule has 1 heterocycles. The maximum Gasteiger partial charge on any atom is 0.169 e. The first-order valence-corrected chi connectivity index (χ1v) is 2.80. The third-order valence-electron chi connectivity index (χ3n) is 1.18. The van der Waals surface area contributed by atoms with Crippen LogP contribution in [0.25, 0.3) is 0 Å². The summed E-state index contributed by atoms with van der Waals surface area (Å²) in [4.78, 5) is 0. The standard InChI is InChI=1S/C6H8O4/c7-3-5-6(9)4(8)1-2-10-5/h1-2,4,7-9H,3H2. The Morgan fingerprint density at radius 1 is 1.60 bits per heavy atom. The van der Waals surface area contributed by atoms with E-state index in [1.807, 2.05) is 0 Å². The van der Waals surface area contributed by atoms with Gasteiger partial charge in [-0.3, -0.25) is 0 Å². The molecule has 0 amide bonds. The Hall–Kier alpha value is -1.00. The van der Waals surface area contributed by atoms with E-state index in [1.165, 1.54) is 12.3 Å². The lowest BCUT2D eigenvalue weighted by Crippen LogP contribution is -2.15. The summed E-state index contributed by atoms with van der Waals surface area (Å²) in [6.07, 6.45) is 1.45. The molecular formula is C6H8O4. The summed E-state index contributed by atoms with van der Waals surface area (Å²) in [5.74, 6) is -0.333. The van der Waals surface area contributed by atoms with E-state index in [0.717, 1.165) is 0 Å². The van der Waals surface area contributed by atoms with Gasteiger partial charge in [-0.05, 0) is 6.08 Å². The van der Waals surface area contributed by atoms with E-state index in [1.54, 1.807) is 0 Å². The average molecular weight is 144 g/mol. The Bertz CT molecular complexity index is 182. The Labute approximate surface area is 57.7 Å². The van der Waals surface area contributed by atoms with Gasteiger partial charge in [-0.2, -0.15) is 0 Å². The Kier molecular flexibility index (Phi) is 1.94. The van der Waals surface area contributed by atoms with Crippen LogP contribution in [0.2, 0.25) is 0 Å². The summed E-state index contributed by atoms with van der Waals surface area (Å²) in [7, 11) is 0. The molecule has 1 aliphatic heterocycles. The lowest BCUT2D eigenvalue weighted by Gasteiger charge is -2.14. The van der Waals surface area contributed by atoms with Crippen LogP contribution in [0.5, 0.6) is 0 Å². The molecule has 4 nitrogen and oxygen atoms in total. The SMILES string of the molecule is OCC1=C(O)C(O)C=CO1. The van der Waals surface area contributed by atoms with Crippen molar-refractivity contribution < 1.29 is 20.1 Å². The molecule has 0 fully saturated rings. The van der Waals surface area contributed by atoms with Crippen molar-refractivity contribution in [1.82, 2.24) is 0 Å². The fourth-order valence-corrected chi connectivity index (χ4v) is 0.631. The molecule has 1 aliphatic rings. The van der Waals surface area contributed by atoms with Crippen molar-refractivity contribution in [1.29, 1.82) is 0 Å². The maximum absolute atomic E-state index is 8.93. The number of hydrogen-bond acceptors (Lipinski definition) is 4. The van der Waals surface area contributed by atoms with E-state index in [9.17, 15) is 0 Å². The van der Waals surface area contributed by atoms with Crippen LogP contribution in [-0.4, -0.2) is 28.0 Å². The Morgan fingerprint density at radius 2 is 2.30 bits per heavy atom. The fourth-order valence-electron chi connectivity index (χ4n) is 0.631. The number of hydrogen-bond donors (Lipinski definition) is 3. The Morgan fingerprint density at radius 3 is 2.80 bits per heavy atom. The predicted molar refractivity (Wildman–Crippen MR) is 33.0 cm³/mol. The molecule has 0 saturated heterocycles. The molecule has 0 aliphatic carbocycles. The molecule has 3 N–H and O–H groups in total. The van der Waals surface area contributed by atoms with E-state index in [2.05, 4.69) is 4.74 Å². The second-order valence-corrected chi connectivity index (χ2v) is 1.86. The van der Waals surface area contributed by atoms with Gasteiger partial charge in [-0.1, -0.05) is 0 Å². The van der Waals surface area contributed by atoms with Crippen molar-refractivity contribution in [3.63, 3.8) is 0 Å². The van der Waals surface area contributed by atoms with Crippen LogP contribution in [0.15, 0.2) is 23.9 Å². The summed E-state index contributed by atoms with van der Waals surface area (Å²) < 4.78 is 4.65. The third kappa shape index (κ3) is 1.12. The van der Waals surface area contributed by atoms with E-state index in [4.69, 9.17) is 15.3 Å². The molecule has 0 radical (unpaired) electrons. The summed E-state index contributed by atoms with van der Waals surface area (Å²) in [5.41, 5.74) is 0. The van der Waals surface area contributed by atoms with E-state index < -0.39 is 12.7 Å². The minimum atomic E-state index is -1.05. The second-order valence-electron chi connectivity index (χ2n) is 1.86. The smallest absolute Gasteiger partial charge is 0.169 e. The van der Waals surface area contributed by atoms with Crippen LogP contribution >= 0.6 is 0 Å². The molecule has 0 aromatic heterocycles. The first-order chi connectivity index (χ1) is 4.75. The quantitative estimate of drug-likeness (QED) is 0.470. The Balaban J connectivity index is 2.77. The largest absolute Gasteiger partial charge is 0.506 e. The average Bonchev–Trinajstić information content (AvgIpc) is 1.95. The molecule has 10 heavy (non-hydrogen) atoms. The summed E-state index contributed by atoms with van der Waals surface area (Å²) in [5, 5.41) is 26.3. The van der Waals surface area contributed by atoms with Gasteiger partial charge < -0.3 is 20.1 Å². The van der Waals surface area contributed by atoms with Gasteiger partial charge in [0, 0.05) is 0 Å². The lowest BCUT2D eigenvalue weighted by molar-refractivity contribution is 0.135. The van der Waals surface area contributed by atoms with E-state index in [-0.39, 0.29) is 11.5 Å². The van der Waals surface area contributed by atoms with Crippen LogP contribution in [0, 0.1) is 0 Å². The van der Waals surface area contributed by atoms with Crippen LogP contribution in [0.1, 0.15) is 0 Å². The fraction of sp³-hybridized carbons (Fsp3) is 0.333. The molecule has 0 saturated carbocycles. The monoisotopic (exact) mass is 144 g/mol. The van der Waals surface area contributed by atoms with E-state index in [0.29, 0.717) is 0 Å². The van der Waals surface area contributed by atoms with Gasteiger partial charge in [0.05, 0.1) is 6.26 Å². The van der Waals surface area contributed by atoms with Gasteiger partial charge in [0.15, 0.2) is 11.5 Å². The minimum absolute atomic E-state index is 0.00463. The first kappa shape index (κ1) is 7.11. The van der Waals surface area contributed by atoms with Gasteiger partial charge in [0.2, 0.25) is 0 Å². The van der Waals surface area contributed by atoms with Crippen molar-refractivity contribution >= 4 is 0 Å². The molecule has 0 spiro atoms. The lowest BCUT2D eigenvalue weighted by atomic mass is 10.2. The highest BCUT2D eigenvalue weighted by atomic mass is 16.5. The zero-order chi connectivity index (χ0) is 7.56. The van der Waals surface area contributed by atoms with Gasteiger partial charge in [0.1, 0.15) is 12.7 Å². The maximum atomic E-state index is 8.93. The molecule has 0 aromatic carbocycles. The molecule has 56 valence electrons. The third-order valence-corrected chi connectivity index (χ3v) is 1.18. The van der Waals surface area contributed by atoms with Crippen LogP contribution in [-0.2, 0) is 4.74 Å². The first-order valence-electron chi connectivity index (χ1n) is 2.80. The molecule has 0 bridgehead atoms. The van der Waals surface area contributed by atoms with E-state index >= 15 is 0 Å². The highest BCUT2D eigenvalue weighted by Gasteiger charge is 2.16. The highest BCUT2D eigenvalue weighted by molar-refractivity contribution is 5.15. The molecule has 1 unspecified atom stereocenters. The zero-order valence-corrected chi connectivity index (χ0v) is 5.19. The number of rotatable bonds is 1. The molecule has 4 heteroatoms. The summed E-state index contributed by atoms with van der Waals surface area (Å²) in [6.45, 7) is -0.409. The van der Waals surface area contributed by atoms with Crippen LogP contribution in [0.4, 0.5) is 0 Å². The normalized spacial score (nSPS) is 24.8. The van der Waals surface area contributed by atoms with Gasteiger partial charge >= 0.3 is 0 Å². The topological polar surface area (TPSA) is 69.9 Å². The molecule has 1 rings (SSSR count). The summed E-state index contributed by atoms with van der Waals surface area (Å²) in [6, 6.07) is 0. The van der Waals surface area contributed by atoms with Gasteiger partial charge in [-0.15, -0.1) is 0 Å². The highest BCUT2D eigenvalue weighted by Crippen LogP contribution is 2.13. The van der Waals surface area contributed by atoms with Crippen molar-refractivity contribution in [3.8, 4) is 0 Å². The predicted octanol–water partition coefficient (Wildman–Crippen LogP) is -0.347. The van der Waals surface area contributed by atoms with Crippen molar-refractivity contribution in [2.75, 3.05) is 6.61 Å². The summed E-state index contributed by atoms with van der Waals surface area (Å²) >= 11 is 0.